The van der Waals surface area contributed by atoms with Gasteiger partial charge in [-0.05, 0) is 64.2 Å². The molecule has 2 nitrogen and oxygen atoms in total. The van der Waals surface area contributed by atoms with Gasteiger partial charge in [0.25, 0.3) is 0 Å². The van der Waals surface area contributed by atoms with Crippen molar-refractivity contribution < 1.29 is 0 Å². The van der Waals surface area contributed by atoms with Gasteiger partial charge in [0.15, 0.2) is 0 Å². The van der Waals surface area contributed by atoms with E-state index in [2.05, 4.69) is 31.1 Å². The Balaban J connectivity index is 1.79. The van der Waals surface area contributed by atoms with Crippen LogP contribution in [0.15, 0.2) is 0 Å². The molecule has 0 radical (unpaired) electrons. The molecule has 0 saturated heterocycles. The van der Waals surface area contributed by atoms with Gasteiger partial charge in [0.1, 0.15) is 0 Å². The zero-order valence-electron chi connectivity index (χ0n) is 10.8. The minimum absolute atomic E-state index is 0.780. The molecule has 0 aromatic heterocycles. The summed E-state index contributed by atoms with van der Waals surface area (Å²) < 4.78 is 0. The third-order valence-corrected chi connectivity index (χ3v) is 2.96. The van der Waals surface area contributed by atoms with Crippen molar-refractivity contribution in [1.82, 2.24) is 10.2 Å². The van der Waals surface area contributed by atoms with Crippen LogP contribution in [-0.4, -0.2) is 38.1 Å². The predicted octanol–water partition coefficient (Wildman–Crippen LogP) is 2.35. The summed E-state index contributed by atoms with van der Waals surface area (Å²) in [5, 5.41) is 3.49. The highest BCUT2D eigenvalue weighted by Gasteiger charge is 2.22. The Morgan fingerprint density at radius 1 is 1.27 bits per heavy atom. The number of unbranched alkanes of at least 4 members (excludes halogenated alkanes) is 1. The Morgan fingerprint density at radius 3 is 2.60 bits per heavy atom. The monoisotopic (exact) mass is 212 g/mol. The van der Waals surface area contributed by atoms with E-state index in [4.69, 9.17) is 0 Å². The number of nitrogens with zero attached hydrogens (tertiary/aromatic N) is 1. The summed E-state index contributed by atoms with van der Waals surface area (Å²) in [6.45, 7) is 9.49. The molecule has 0 bridgehead atoms. The Kier molecular flexibility index (Phi) is 6.26. The summed E-state index contributed by atoms with van der Waals surface area (Å²) >= 11 is 0. The molecular weight excluding hydrogens is 184 g/mol. The van der Waals surface area contributed by atoms with Crippen molar-refractivity contribution in [3.8, 4) is 0 Å². The summed E-state index contributed by atoms with van der Waals surface area (Å²) in [5.41, 5.74) is 0. The molecule has 0 aromatic carbocycles. The van der Waals surface area contributed by atoms with Gasteiger partial charge in [-0.3, -0.25) is 0 Å². The zero-order valence-corrected chi connectivity index (χ0v) is 10.8. The van der Waals surface area contributed by atoms with Crippen LogP contribution in [0.1, 0.15) is 39.5 Å². The van der Waals surface area contributed by atoms with Crippen molar-refractivity contribution in [3.63, 3.8) is 0 Å². The van der Waals surface area contributed by atoms with Gasteiger partial charge in [-0.25, -0.2) is 0 Å². The van der Waals surface area contributed by atoms with E-state index in [-0.39, 0.29) is 0 Å². The quantitative estimate of drug-likeness (QED) is 0.590. The Hall–Kier alpha value is -0.0800. The summed E-state index contributed by atoms with van der Waals surface area (Å²) in [7, 11) is 2.26. The van der Waals surface area contributed by atoms with Crippen LogP contribution < -0.4 is 5.32 Å². The summed E-state index contributed by atoms with van der Waals surface area (Å²) in [6, 6.07) is 0. The van der Waals surface area contributed by atoms with Gasteiger partial charge < -0.3 is 10.2 Å². The molecule has 1 N–H and O–H groups in total. The van der Waals surface area contributed by atoms with Crippen molar-refractivity contribution in [2.24, 2.45) is 11.8 Å². The third kappa shape index (κ3) is 7.80. The van der Waals surface area contributed by atoms with E-state index in [1.165, 1.54) is 45.3 Å². The van der Waals surface area contributed by atoms with Crippen LogP contribution in [0.5, 0.6) is 0 Å². The molecule has 1 saturated carbocycles. The van der Waals surface area contributed by atoms with Crippen LogP contribution in [0.3, 0.4) is 0 Å². The van der Waals surface area contributed by atoms with Crippen molar-refractivity contribution in [2.75, 3.05) is 33.2 Å². The maximum Gasteiger partial charge on any atom is 0.000661 e. The fourth-order valence-corrected chi connectivity index (χ4v) is 1.85. The molecule has 2 heteroatoms. The standard InChI is InChI=1S/C13H28N2/c1-12(2)10-14-8-4-5-9-15(3)11-13-6-7-13/h12-14H,4-11H2,1-3H3. The molecule has 15 heavy (non-hydrogen) atoms. The molecule has 90 valence electrons. The summed E-state index contributed by atoms with van der Waals surface area (Å²) in [6.07, 6.45) is 5.61. The average molecular weight is 212 g/mol. The van der Waals surface area contributed by atoms with E-state index >= 15 is 0 Å². The van der Waals surface area contributed by atoms with Crippen LogP contribution in [-0.2, 0) is 0 Å². The largest absolute Gasteiger partial charge is 0.316 e. The van der Waals surface area contributed by atoms with E-state index in [1.807, 2.05) is 0 Å². The predicted molar refractivity (Wildman–Crippen MR) is 67.2 cm³/mol. The molecule has 0 amide bonds. The lowest BCUT2D eigenvalue weighted by Gasteiger charge is -2.16. The van der Waals surface area contributed by atoms with Crippen LogP contribution in [0.2, 0.25) is 0 Å². The highest BCUT2D eigenvalue weighted by Crippen LogP contribution is 2.29. The molecule has 1 fully saturated rings. The third-order valence-electron chi connectivity index (χ3n) is 2.96. The molecule has 0 unspecified atom stereocenters. The first-order valence-corrected chi connectivity index (χ1v) is 6.57. The minimum atomic E-state index is 0.780. The first-order valence-electron chi connectivity index (χ1n) is 6.57. The lowest BCUT2D eigenvalue weighted by atomic mass is 10.2. The van der Waals surface area contributed by atoms with E-state index in [1.54, 1.807) is 0 Å². The van der Waals surface area contributed by atoms with E-state index in [9.17, 15) is 0 Å². The van der Waals surface area contributed by atoms with Crippen LogP contribution in [0.4, 0.5) is 0 Å². The topological polar surface area (TPSA) is 15.3 Å². The normalized spacial score (nSPS) is 16.6. The number of hydrogen-bond donors (Lipinski definition) is 1. The van der Waals surface area contributed by atoms with Gasteiger partial charge >= 0.3 is 0 Å². The van der Waals surface area contributed by atoms with Gasteiger partial charge in [0.2, 0.25) is 0 Å². The summed E-state index contributed by atoms with van der Waals surface area (Å²) in [4.78, 5) is 2.50. The maximum absolute atomic E-state index is 3.49. The second-order valence-corrected chi connectivity index (χ2v) is 5.51. The molecule has 0 aromatic rings. The van der Waals surface area contributed by atoms with Crippen LogP contribution in [0, 0.1) is 11.8 Å². The van der Waals surface area contributed by atoms with Crippen LogP contribution in [0.25, 0.3) is 0 Å². The Bertz CT molecular complexity index is 153. The average Bonchev–Trinajstić information content (AvgIpc) is 2.94. The second kappa shape index (κ2) is 7.24. The first kappa shape index (κ1) is 13.0. The van der Waals surface area contributed by atoms with Gasteiger partial charge in [-0.15, -0.1) is 0 Å². The highest BCUT2D eigenvalue weighted by atomic mass is 15.1. The molecular formula is C13H28N2. The lowest BCUT2D eigenvalue weighted by Crippen LogP contribution is -2.24. The molecule has 0 heterocycles. The molecule has 0 spiro atoms. The van der Waals surface area contributed by atoms with Gasteiger partial charge in [-0.1, -0.05) is 13.8 Å². The minimum Gasteiger partial charge on any atom is -0.316 e. The first-order chi connectivity index (χ1) is 7.18. The molecule has 1 aliphatic rings. The van der Waals surface area contributed by atoms with Crippen molar-refractivity contribution in [2.45, 2.75) is 39.5 Å². The Morgan fingerprint density at radius 2 is 2.00 bits per heavy atom. The molecule has 1 rings (SSSR count). The summed E-state index contributed by atoms with van der Waals surface area (Å²) in [5.74, 6) is 1.82. The van der Waals surface area contributed by atoms with Crippen molar-refractivity contribution in [3.05, 3.63) is 0 Å². The van der Waals surface area contributed by atoms with Crippen molar-refractivity contribution in [1.29, 1.82) is 0 Å². The smallest absolute Gasteiger partial charge is 0.000661 e. The Labute approximate surface area is 95.4 Å². The lowest BCUT2D eigenvalue weighted by molar-refractivity contribution is 0.312. The fraction of sp³-hybridized carbons (Fsp3) is 1.00. The van der Waals surface area contributed by atoms with Gasteiger partial charge in [0, 0.05) is 6.54 Å². The van der Waals surface area contributed by atoms with E-state index in [0.717, 1.165) is 18.4 Å². The van der Waals surface area contributed by atoms with E-state index < -0.39 is 0 Å². The fourth-order valence-electron chi connectivity index (χ4n) is 1.85. The number of rotatable bonds is 9. The van der Waals surface area contributed by atoms with Gasteiger partial charge in [-0.2, -0.15) is 0 Å². The van der Waals surface area contributed by atoms with Crippen molar-refractivity contribution >= 4 is 0 Å². The van der Waals surface area contributed by atoms with Gasteiger partial charge in [0.05, 0.1) is 0 Å². The molecule has 0 aliphatic heterocycles. The SMILES string of the molecule is CC(C)CNCCCCN(C)CC1CC1. The zero-order chi connectivity index (χ0) is 11.1. The number of nitrogens with one attached hydrogen (secondary N) is 1. The molecule has 1 aliphatic carbocycles. The maximum atomic E-state index is 3.49. The highest BCUT2D eigenvalue weighted by molar-refractivity contribution is 4.75. The van der Waals surface area contributed by atoms with Crippen LogP contribution >= 0.6 is 0 Å². The molecule has 0 atom stereocenters. The van der Waals surface area contributed by atoms with E-state index in [0.29, 0.717) is 0 Å². The number of hydrogen-bond acceptors (Lipinski definition) is 2. The second-order valence-electron chi connectivity index (χ2n) is 5.51.